The summed E-state index contributed by atoms with van der Waals surface area (Å²) >= 11 is 0. The number of nitrogens with zero attached hydrogens (tertiary/aromatic N) is 4. The lowest BCUT2D eigenvalue weighted by Crippen LogP contribution is -2.60. The van der Waals surface area contributed by atoms with E-state index in [4.69, 9.17) is 9.47 Å². The van der Waals surface area contributed by atoms with Gasteiger partial charge in [0, 0.05) is 25.0 Å². The van der Waals surface area contributed by atoms with Gasteiger partial charge in [0.05, 0.1) is 32.5 Å². The van der Waals surface area contributed by atoms with Gasteiger partial charge >= 0.3 is 0 Å². The quantitative estimate of drug-likeness (QED) is 0.754. The maximum Gasteiger partial charge on any atom is 0.274 e. The molecule has 2 saturated heterocycles. The Labute approximate surface area is 140 Å². The zero-order chi connectivity index (χ0) is 17.2. The number of hydrogen-bond donors (Lipinski definition) is 0. The Morgan fingerprint density at radius 2 is 2.17 bits per heavy atom. The number of aromatic nitrogens is 2. The molecule has 0 aliphatic carbocycles. The molecule has 1 aromatic rings. The molecule has 1 spiro atoms. The number of hydrogen-bond acceptors (Lipinski definition) is 6. The molecule has 1 atom stereocenters. The predicted molar refractivity (Wildman–Crippen MR) is 84.3 cm³/mol. The van der Waals surface area contributed by atoms with Crippen molar-refractivity contribution in [3.63, 3.8) is 0 Å². The third-order valence-electron chi connectivity index (χ3n) is 4.31. The molecule has 0 N–H and O–H groups in total. The average molecular weight is 334 g/mol. The number of carbonyl (C=O) groups is 2. The van der Waals surface area contributed by atoms with Gasteiger partial charge in [-0.25, -0.2) is 4.98 Å². The van der Waals surface area contributed by atoms with Gasteiger partial charge in [-0.05, 0) is 13.8 Å². The minimum atomic E-state index is -0.702. The summed E-state index contributed by atoms with van der Waals surface area (Å²) in [4.78, 5) is 36.3. The van der Waals surface area contributed by atoms with E-state index in [-0.39, 0.29) is 31.1 Å². The number of morpholine rings is 1. The van der Waals surface area contributed by atoms with Crippen LogP contribution in [0.2, 0.25) is 0 Å². The molecule has 130 valence electrons. The van der Waals surface area contributed by atoms with Crippen LogP contribution in [0.3, 0.4) is 0 Å². The minimum absolute atomic E-state index is 0.0431. The monoisotopic (exact) mass is 334 g/mol. The van der Waals surface area contributed by atoms with E-state index in [1.54, 1.807) is 9.80 Å². The Bertz CT molecular complexity index is 609. The second-order valence-corrected chi connectivity index (χ2v) is 6.46. The first-order valence-corrected chi connectivity index (χ1v) is 8.07. The molecule has 8 heteroatoms. The summed E-state index contributed by atoms with van der Waals surface area (Å²) in [6.07, 6.45) is 4.48. The molecule has 0 bridgehead atoms. The smallest absolute Gasteiger partial charge is 0.274 e. The minimum Gasteiger partial charge on any atom is -0.368 e. The lowest BCUT2D eigenvalue weighted by Gasteiger charge is -2.43. The third-order valence-corrected chi connectivity index (χ3v) is 4.31. The second-order valence-electron chi connectivity index (χ2n) is 6.46. The first kappa shape index (κ1) is 16.8. The first-order valence-electron chi connectivity index (χ1n) is 8.07. The number of rotatable bonds is 2. The van der Waals surface area contributed by atoms with E-state index in [1.807, 2.05) is 13.8 Å². The highest BCUT2D eigenvalue weighted by Crippen LogP contribution is 2.24. The van der Waals surface area contributed by atoms with Crippen molar-refractivity contribution in [3.05, 3.63) is 24.3 Å². The average Bonchev–Trinajstić information content (AvgIpc) is 2.74. The molecule has 0 aromatic carbocycles. The van der Waals surface area contributed by atoms with E-state index < -0.39 is 5.60 Å². The van der Waals surface area contributed by atoms with Crippen molar-refractivity contribution in [3.8, 4) is 0 Å². The Hall–Kier alpha value is -2.06. The van der Waals surface area contributed by atoms with Crippen molar-refractivity contribution in [1.29, 1.82) is 0 Å². The molecule has 3 heterocycles. The summed E-state index contributed by atoms with van der Waals surface area (Å²) in [6.45, 7) is 5.90. The standard InChI is InChI=1S/C16H22N4O4/c1-12(2)20-10-16(11-23-8-14(20)21)9-19(5-6-24-16)15(22)13-7-17-3-4-18-13/h3-4,7,12H,5-6,8-11H2,1-2H3. The number of ether oxygens (including phenoxy) is 2. The summed E-state index contributed by atoms with van der Waals surface area (Å²) in [6, 6.07) is 0.0470. The van der Waals surface area contributed by atoms with Crippen molar-refractivity contribution in [1.82, 2.24) is 19.8 Å². The van der Waals surface area contributed by atoms with Crippen LogP contribution in [0.25, 0.3) is 0 Å². The Balaban J connectivity index is 1.78. The Morgan fingerprint density at radius 1 is 1.33 bits per heavy atom. The summed E-state index contributed by atoms with van der Waals surface area (Å²) < 4.78 is 11.5. The molecule has 2 aliphatic rings. The predicted octanol–water partition coefficient (Wildman–Crippen LogP) is -0.0450. The molecule has 8 nitrogen and oxygen atoms in total. The molecule has 2 fully saturated rings. The summed E-state index contributed by atoms with van der Waals surface area (Å²) in [7, 11) is 0. The van der Waals surface area contributed by atoms with Gasteiger partial charge in [0.1, 0.15) is 17.9 Å². The van der Waals surface area contributed by atoms with E-state index in [2.05, 4.69) is 9.97 Å². The fourth-order valence-corrected chi connectivity index (χ4v) is 3.09. The van der Waals surface area contributed by atoms with E-state index in [9.17, 15) is 9.59 Å². The zero-order valence-corrected chi connectivity index (χ0v) is 14.0. The summed E-state index contributed by atoms with van der Waals surface area (Å²) in [5.41, 5.74) is -0.395. The number of carbonyl (C=O) groups excluding carboxylic acids is 2. The molecular weight excluding hydrogens is 312 g/mol. The zero-order valence-electron chi connectivity index (χ0n) is 14.0. The maximum atomic E-state index is 12.6. The van der Waals surface area contributed by atoms with Crippen LogP contribution in [0.1, 0.15) is 24.3 Å². The summed E-state index contributed by atoms with van der Waals surface area (Å²) in [5, 5.41) is 0. The highest BCUT2D eigenvalue weighted by atomic mass is 16.5. The van der Waals surface area contributed by atoms with Gasteiger partial charge < -0.3 is 19.3 Å². The molecule has 2 aliphatic heterocycles. The van der Waals surface area contributed by atoms with Gasteiger partial charge in [0.2, 0.25) is 5.91 Å². The van der Waals surface area contributed by atoms with Crippen LogP contribution in [-0.2, 0) is 14.3 Å². The van der Waals surface area contributed by atoms with Gasteiger partial charge in [-0.2, -0.15) is 0 Å². The van der Waals surface area contributed by atoms with Crippen LogP contribution in [0, 0.1) is 0 Å². The molecule has 1 aromatic heterocycles. The van der Waals surface area contributed by atoms with Gasteiger partial charge in [-0.1, -0.05) is 0 Å². The largest absolute Gasteiger partial charge is 0.368 e. The van der Waals surface area contributed by atoms with Crippen LogP contribution >= 0.6 is 0 Å². The highest BCUT2D eigenvalue weighted by Gasteiger charge is 2.44. The van der Waals surface area contributed by atoms with Crippen molar-refractivity contribution >= 4 is 11.8 Å². The fraction of sp³-hybridized carbons (Fsp3) is 0.625. The molecule has 24 heavy (non-hydrogen) atoms. The second kappa shape index (κ2) is 6.82. The first-order chi connectivity index (χ1) is 11.5. The molecule has 0 saturated carbocycles. The SMILES string of the molecule is CC(C)N1CC2(COCC1=O)CN(C(=O)c1cnccn1)CCO2. The maximum absolute atomic E-state index is 12.6. The van der Waals surface area contributed by atoms with Gasteiger partial charge in [-0.15, -0.1) is 0 Å². The van der Waals surface area contributed by atoms with Crippen LogP contribution in [0.5, 0.6) is 0 Å². The normalized spacial score (nSPS) is 25.2. The molecule has 1 unspecified atom stereocenters. The van der Waals surface area contributed by atoms with Crippen molar-refractivity contribution in [2.75, 3.05) is 39.5 Å². The highest BCUT2D eigenvalue weighted by molar-refractivity contribution is 5.92. The van der Waals surface area contributed by atoms with Gasteiger partial charge in [0.25, 0.3) is 5.91 Å². The van der Waals surface area contributed by atoms with Crippen molar-refractivity contribution < 1.29 is 19.1 Å². The van der Waals surface area contributed by atoms with E-state index in [0.717, 1.165) is 0 Å². The molecule has 3 rings (SSSR count). The van der Waals surface area contributed by atoms with E-state index in [1.165, 1.54) is 18.6 Å². The van der Waals surface area contributed by atoms with Crippen LogP contribution in [0.4, 0.5) is 0 Å². The van der Waals surface area contributed by atoms with Gasteiger partial charge in [0.15, 0.2) is 0 Å². The molecule has 2 amide bonds. The topological polar surface area (TPSA) is 84.9 Å². The van der Waals surface area contributed by atoms with E-state index in [0.29, 0.717) is 31.9 Å². The van der Waals surface area contributed by atoms with Crippen molar-refractivity contribution in [2.45, 2.75) is 25.5 Å². The van der Waals surface area contributed by atoms with Gasteiger partial charge in [-0.3, -0.25) is 14.6 Å². The van der Waals surface area contributed by atoms with Crippen LogP contribution in [0.15, 0.2) is 18.6 Å². The van der Waals surface area contributed by atoms with E-state index >= 15 is 0 Å². The van der Waals surface area contributed by atoms with Crippen LogP contribution in [-0.4, -0.2) is 82.7 Å². The van der Waals surface area contributed by atoms with Crippen LogP contribution < -0.4 is 0 Å². The Kier molecular flexibility index (Phi) is 4.77. The third kappa shape index (κ3) is 3.39. The number of amides is 2. The lowest BCUT2D eigenvalue weighted by molar-refractivity contribution is -0.140. The van der Waals surface area contributed by atoms with Crippen molar-refractivity contribution in [2.24, 2.45) is 0 Å². The fourth-order valence-electron chi connectivity index (χ4n) is 3.09. The molecular formula is C16H22N4O4. The summed E-state index contributed by atoms with van der Waals surface area (Å²) in [5.74, 6) is -0.236. The Morgan fingerprint density at radius 3 is 2.88 bits per heavy atom. The molecule has 0 radical (unpaired) electrons. The lowest BCUT2D eigenvalue weighted by atomic mass is 10.0.